The third-order valence-corrected chi connectivity index (χ3v) is 6.04. The zero-order chi connectivity index (χ0) is 21.5. The molecule has 9 heteroatoms. The number of nitrogens with one attached hydrogen (secondary N) is 1. The minimum atomic E-state index is -0.338. The lowest BCUT2D eigenvalue weighted by atomic mass is 9.89. The summed E-state index contributed by atoms with van der Waals surface area (Å²) in [5.74, 6) is 0.185. The van der Waals surface area contributed by atoms with Crippen molar-refractivity contribution in [2.45, 2.75) is 25.4 Å². The van der Waals surface area contributed by atoms with Crippen LogP contribution in [0.25, 0.3) is 0 Å². The minimum absolute atomic E-state index is 0.0626. The fourth-order valence-electron chi connectivity index (χ4n) is 3.87. The van der Waals surface area contributed by atoms with E-state index in [9.17, 15) is 9.90 Å². The van der Waals surface area contributed by atoms with E-state index in [2.05, 4.69) is 15.3 Å². The number of anilines is 3. The average molecular weight is 457 g/mol. The number of ether oxygens (including phenoxy) is 1. The lowest BCUT2D eigenvalue weighted by Gasteiger charge is -2.29. The van der Waals surface area contributed by atoms with Crippen molar-refractivity contribution >= 4 is 46.4 Å². The quantitative estimate of drug-likeness (QED) is 0.608. The van der Waals surface area contributed by atoms with Crippen LogP contribution in [-0.2, 0) is 12.8 Å². The number of aliphatic hydroxyl groups excluding tert-OH is 1. The molecule has 1 aromatic heterocycles. The van der Waals surface area contributed by atoms with E-state index in [-0.39, 0.29) is 30.2 Å². The van der Waals surface area contributed by atoms with Gasteiger partial charge < -0.3 is 15.2 Å². The number of amides is 1. The molecule has 1 aliphatic heterocycles. The Morgan fingerprint density at radius 1 is 1.16 bits per heavy atom. The number of hydrogen-bond acceptors (Lipinski definition) is 6. The summed E-state index contributed by atoms with van der Waals surface area (Å²) in [5.41, 5.74) is 3.81. The van der Waals surface area contributed by atoms with Gasteiger partial charge in [-0.2, -0.15) is 4.98 Å². The molecule has 1 unspecified atom stereocenters. The summed E-state index contributed by atoms with van der Waals surface area (Å²) in [6.07, 6.45) is 3.42. The van der Waals surface area contributed by atoms with Crippen LogP contribution in [0.4, 0.5) is 17.3 Å². The first-order valence-electron chi connectivity index (χ1n) is 9.82. The molecule has 0 radical (unpaired) electrons. The Hall–Kier alpha value is -2.87. The summed E-state index contributed by atoms with van der Waals surface area (Å²) in [7, 11) is 0. The van der Waals surface area contributed by atoms with Crippen LogP contribution in [-0.4, -0.2) is 33.8 Å². The van der Waals surface area contributed by atoms with Crippen molar-refractivity contribution in [1.29, 1.82) is 0 Å². The highest BCUT2D eigenvalue weighted by molar-refractivity contribution is 6.40. The topological polar surface area (TPSA) is 87.6 Å². The molecule has 0 spiro atoms. The number of carbonyl (C=O) groups excluding carboxylic acids is 1. The van der Waals surface area contributed by atoms with Crippen molar-refractivity contribution in [2.24, 2.45) is 0 Å². The van der Waals surface area contributed by atoms with Gasteiger partial charge in [0.15, 0.2) is 6.73 Å². The minimum Gasteiger partial charge on any atom is -0.455 e. The summed E-state index contributed by atoms with van der Waals surface area (Å²) in [6, 6.07) is 11.0. The Labute approximate surface area is 188 Å². The molecule has 3 aromatic rings. The second-order valence-electron chi connectivity index (χ2n) is 7.49. The van der Waals surface area contributed by atoms with Gasteiger partial charge in [0.1, 0.15) is 5.56 Å². The Morgan fingerprint density at radius 2 is 1.97 bits per heavy atom. The fourth-order valence-corrected chi connectivity index (χ4v) is 4.47. The lowest BCUT2D eigenvalue weighted by molar-refractivity contribution is 0.0932. The van der Waals surface area contributed by atoms with Gasteiger partial charge in [0, 0.05) is 11.9 Å². The summed E-state index contributed by atoms with van der Waals surface area (Å²) < 4.78 is 5.72. The molecule has 1 aliphatic carbocycles. The van der Waals surface area contributed by atoms with Crippen molar-refractivity contribution in [3.05, 3.63) is 69.3 Å². The largest absolute Gasteiger partial charge is 0.455 e. The molecule has 7 nitrogen and oxygen atoms in total. The highest BCUT2D eigenvalue weighted by atomic mass is 35.5. The molecule has 0 bridgehead atoms. The first kappa shape index (κ1) is 20.1. The number of rotatable bonds is 3. The number of aromatic nitrogens is 2. The van der Waals surface area contributed by atoms with Crippen LogP contribution in [0.15, 0.2) is 42.6 Å². The second-order valence-corrected chi connectivity index (χ2v) is 8.31. The molecule has 2 aromatic carbocycles. The second kappa shape index (κ2) is 8.00. The van der Waals surface area contributed by atoms with E-state index in [1.807, 2.05) is 18.2 Å². The van der Waals surface area contributed by atoms with Gasteiger partial charge in [-0.05, 0) is 54.7 Å². The van der Waals surface area contributed by atoms with Crippen molar-refractivity contribution < 1.29 is 14.6 Å². The SMILES string of the molecule is O=C1c2cnc(Nc3ccc4c(c3)CCC(O)C4)nc2OCN1c1c(Cl)cccc1Cl. The maximum Gasteiger partial charge on any atom is 0.268 e. The van der Waals surface area contributed by atoms with Gasteiger partial charge in [-0.25, -0.2) is 4.98 Å². The van der Waals surface area contributed by atoms with E-state index in [4.69, 9.17) is 27.9 Å². The highest BCUT2D eigenvalue weighted by Crippen LogP contribution is 2.37. The lowest BCUT2D eigenvalue weighted by Crippen LogP contribution is -2.39. The number of halogens is 2. The van der Waals surface area contributed by atoms with Gasteiger partial charge in [-0.1, -0.05) is 35.3 Å². The van der Waals surface area contributed by atoms with E-state index in [1.54, 1.807) is 18.2 Å². The summed E-state index contributed by atoms with van der Waals surface area (Å²) in [6.45, 7) is -0.0626. The maximum atomic E-state index is 13.0. The standard InChI is InChI=1S/C22H18Cl2N4O3/c23-17-2-1-3-18(24)19(17)28-11-31-20-16(21(28)30)10-25-22(27-20)26-14-6-4-13-9-15(29)7-5-12(13)8-14/h1-4,6,8,10,15,29H,5,7,9,11H2,(H,25,26,27). The number of aryl methyl sites for hydroxylation is 1. The van der Waals surface area contributed by atoms with Crippen molar-refractivity contribution in [1.82, 2.24) is 9.97 Å². The molecule has 2 N–H and O–H groups in total. The molecule has 2 heterocycles. The summed E-state index contributed by atoms with van der Waals surface area (Å²) in [5, 5.41) is 13.7. The van der Waals surface area contributed by atoms with E-state index in [0.29, 0.717) is 28.1 Å². The smallest absolute Gasteiger partial charge is 0.268 e. The molecule has 0 saturated carbocycles. The number of nitrogens with zero attached hydrogens (tertiary/aromatic N) is 3. The maximum absolute atomic E-state index is 13.0. The summed E-state index contributed by atoms with van der Waals surface area (Å²) in [4.78, 5) is 23.0. The molecule has 158 valence electrons. The Kier molecular flexibility index (Phi) is 5.17. The number of para-hydroxylation sites is 1. The van der Waals surface area contributed by atoms with E-state index in [0.717, 1.165) is 24.1 Å². The normalized spacial score (nSPS) is 17.6. The van der Waals surface area contributed by atoms with Gasteiger partial charge >= 0.3 is 0 Å². The molecule has 2 aliphatic rings. The molecule has 1 atom stereocenters. The first-order valence-corrected chi connectivity index (χ1v) is 10.6. The third kappa shape index (κ3) is 3.80. The Balaban J connectivity index is 1.38. The number of fused-ring (bicyclic) bond motifs is 2. The van der Waals surface area contributed by atoms with Gasteiger partial charge in [-0.3, -0.25) is 9.69 Å². The molecule has 5 rings (SSSR count). The van der Waals surface area contributed by atoms with Crippen molar-refractivity contribution in [3.8, 4) is 5.88 Å². The van der Waals surface area contributed by atoms with Crippen LogP contribution >= 0.6 is 23.2 Å². The average Bonchev–Trinajstić information content (AvgIpc) is 2.75. The Morgan fingerprint density at radius 3 is 2.77 bits per heavy atom. The van der Waals surface area contributed by atoms with E-state index < -0.39 is 0 Å². The first-order chi connectivity index (χ1) is 15.0. The number of benzene rings is 2. The zero-order valence-corrected chi connectivity index (χ0v) is 17.8. The van der Waals surface area contributed by atoms with Crippen LogP contribution in [0.5, 0.6) is 5.88 Å². The number of aliphatic hydroxyl groups is 1. The molecular weight excluding hydrogens is 439 g/mol. The fraction of sp³-hybridized carbons (Fsp3) is 0.227. The van der Waals surface area contributed by atoms with Gasteiger partial charge in [-0.15, -0.1) is 0 Å². The number of hydrogen-bond donors (Lipinski definition) is 2. The van der Waals surface area contributed by atoms with Crippen molar-refractivity contribution in [3.63, 3.8) is 0 Å². The molecular formula is C22H18Cl2N4O3. The van der Waals surface area contributed by atoms with Crippen LogP contribution in [0.1, 0.15) is 27.9 Å². The van der Waals surface area contributed by atoms with Crippen LogP contribution in [0.2, 0.25) is 10.0 Å². The van der Waals surface area contributed by atoms with Gasteiger partial charge in [0.25, 0.3) is 5.91 Å². The summed E-state index contributed by atoms with van der Waals surface area (Å²) >= 11 is 12.5. The molecule has 1 amide bonds. The monoisotopic (exact) mass is 456 g/mol. The van der Waals surface area contributed by atoms with Gasteiger partial charge in [0.2, 0.25) is 11.8 Å². The van der Waals surface area contributed by atoms with Crippen molar-refractivity contribution in [2.75, 3.05) is 16.9 Å². The Bertz CT molecular complexity index is 1170. The van der Waals surface area contributed by atoms with Crippen LogP contribution < -0.4 is 15.0 Å². The van der Waals surface area contributed by atoms with E-state index in [1.165, 1.54) is 16.7 Å². The number of carbonyl (C=O) groups is 1. The highest BCUT2D eigenvalue weighted by Gasteiger charge is 2.31. The predicted molar refractivity (Wildman–Crippen MR) is 119 cm³/mol. The third-order valence-electron chi connectivity index (χ3n) is 5.43. The molecule has 0 saturated heterocycles. The predicted octanol–water partition coefficient (Wildman–Crippen LogP) is 4.37. The van der Waals surface area contributed by atoms with E-state index >= 15 is 0 Å². The van der Waals surface area contributed by atoms with Crippen LogP contribution in [0.3, 0.4) is 0 Å². The van der Waals surface area contributed by atoms with Gasteiger partial charge in [0.05, 0.1) is 21.8 Å². The zero-order valence-electron chi connectivity index (χ0n) is 16.3. The van der Waals surface area contributed by atoms with Crippen LogP contribution in [0, 0.1) is 0 Å². The molecule has 0 fully saturated rings. The molecule has 31 heavy (non-hydrogen) atoms.